The molecule has 19 heavy (non-hydrogen) atoms. The van der Waals surface area contributed by atoms with Gasteiger partial charge in [-0.25, -0.2) is 0 Å². The van der Waals surface area contributed by atoms with Crippen LogP contribution < -0.4 is 4.74 Å². The Kier molecular flexibility index (Phi) is 6.00. The molecule has 4 heteroatoms. The van der Waals surface area contributed by atoms with Crippen molar-refractivity contribution in [2.45, 2.75) is 31.8 Å². The zero-order chi connectivity index (χ0) is 13.3. The number of aromatic nitrogens is 1. The summed E-state index contributed by atoms with van der Waals surface area (Å²) in [5.41, 5.74) is 0.831. The molecule has 1 fully saturated rings. The van der Waals surface area contributed by atoms with Gasteiger partial charge in [-0.3, -0.25) is 4.98 Å². The van der Waals surface area contributed by atoms with Crippen LogP contribution in [0.3, 0.4) is 0 Å². The first kappa shape index (κ1) is 14.2. The third kappa shape index (κ3) is 5.10. The van der Waals surface area contributed by atoms with Crippen LogP contribution in [0.1, 0.15) is 31.2 Å². The van der Waals surface area contributed by atoms with Crippen molar-refractivity contribution in [3.63, 3.8) is 0 Å². The van der Waals surface area contributed by atoms with Crippen molar-refractivity contribution in [3.8, 4) is 17.6 Å². The summed E-state index contributed by atoms with van der Waals surface area (Å²) >= 11 is 5.52. The maximum Gasteiger partial charge on any atom is 0.138 e. The van der Waals surface area contributed by atoms with E-state index < -0.39 is 0 Å². The number of halogens is 1. The molecule has 2 heterocycles. The van der Waals surface area contributed by atoms with E-state index in [2.05, 4.69) is 16.8 Å². The van der Waals surface area contributed by atoms with Gasteiger partial charge in [0, 0.05) is 18.4 Å². The monoisotopic (exact) mass is 279 g/mol. The number of hydrogen-bond donors (Lipinski definition) is 0. The lowest BCUT2D eigenvalue weighted by Crippen LogP contribution is -2.07. The number of pyridine rings is 1. The average Bonchev–Trinajstić information content (AvgIpc) is 2.95. The van der Waals surface area contributed by atoms with E-state index in [4.69, 9.17) is 21.1 Å². The fourth-order valence-corrected chi connectivity index (χ4v) is 2.14. The fourth-order valence-electron chi connectivity index (χ4n) is 2.07. The summed E-state index contributed by atoms with van der Waals surface area (Å²) in [5, 5.41) is 0. The Bertz CT molecular complexity index is 447. The molecule has 0 aromatic carbocycles. The Morgan fingerprint density at radius 1 is 1.47 bits per heavy atom. The molecule has 0 N–H and O–H groups in total. The van der Waals surface area contributed by atoms with Gasteiger partial charge in [0.05, 0.1) is 24.8 Å². The molecule has 1 aromatic rings. The highest BCUT2D eigenvalue weighted by Crippen LogP contribution is 2.17. The Hall–Kier alpha value is -1.24. The van der Waals surface area contributed by atoms with Crippen molar-refractivity contribution < 1.29 is 9.47 Å². The summed E-state index contributed by atoms with van der Waals surface area (Å²) in [6.07, 6.45) is 8.29. The maximum absolute atomic E-state index is 5.67. The van der Waals surface area contributed by atoms with Crippen LogP contribution >= 0.6 is 11.6 Å². The topological polar surface area (TPSA) is 31.4 Å². The van der Waals surface area contributed by atoms with Gasteiger partial charge in [-0.1, -0.05) is 11.8 Å². The largest absolute Gasteiger partial charge is 0.492 e. The first-order valence-corrected chi connectivity index (χ1v) is 7.16. The summed E-state index contributed by atoms with van der Waals surface area (Å²) in [7, 11) is 0. The summed E-state index contributed by atoms with van der Waals surface area (Å²) in [6, 6.07) is 1.89. The molecule has 0 amide bonds. The van der Waals surface area contributed by atoms with Crippen molar-refractivity contribution >= 4 is 11.6 Å². The predicted octanol–water partition coefficient (Wildman–Crippen LogP) is 3.01. The van der Waals surface area contributed by atoms with Crippen LogP contribution in [0.2, 0.25) is 0 Å². The van der Waals surface area contributed by atoms with Gasteiger partial charge >= 0.3 is 0 Å². The number of alkyl halides is 1. The highest BCUT2D eigenvalue weighted by atomic mass is 35.5. The van der Waals surface area contributed by atoms with E-state index in [1.165, 1.54) is 12.8 Å². The first-order valence-electron chi connectivity index (χ1n) is 6.63. The molecule has 2 rings (SSSR count). The minimum absolute atomic E-state index is 0.326. The van der Waals surface area contributed by atoms with Crippen molar-refractivity contribution in [3.05, 3.63) is 24.0 Å². The van der Waals surface area contributed by atoms with Crippen LogP contribution in [-0.4, -0.2) is 30.2 Å². The van der Waals surface area contributed by atoms with Crippen LogP contribution in [0, 0.1) is 11.8 Å². The van der Waals surface area contributed by atoms with Crippen LogP contribution in [-0.2, 0) is 4.74 Å². The highest BCUT2D eigenvalue weighted by molar-refractivity contribution is 6.19. The second-order valence-corrected chi connectivity index (χ2v) is 4.74. The minimum atomic E-state index is 0.326. The third-order valence-corrected chi connectivity index (χ3v) is 3.11. The summed E-state index contributed by atoms with van der Waals surface area (Å²) in [4.78, 5) is 4.10. The lowest BCUT2D eigenvalue weighted by atomic mass is 10.1. The van der Waals surface area contributed by atoms with Crippen molar-refractivity contribution in [1.82, 2.24) is 4.98 Å². The van der Waals surface area contributed by atoms with Gasteiger partial charge in [-0.2, -0.15) is 0 Å². The van der Waals surface area contributed by atoms with E-state index in [0.29, 0.717) is 18.6 Å². The highest BCUT2D eigenvalue weighted by Gasteiger charge is 2.14. The number of nitrogens with zero attached hydrogens (tertiary/aromatic N) is 1. The SMILES string of the molecule is ClCC#Cc1cncc(OCCCC2CCCO2)c1. The number of rotatable bonds is 5. The lowest BCUT2D eigenvalue weighted by Gasteiger charge is -2.09. The Balaban J connectivity index is 1.72. The molecular formula is C15H18ClNO2. The van der Waals surface area contributed by atoms with Crippen LogP contribution in [0.5, 0.6) is 5.75 Å². The van der Waals surface area contributed by atoms with Crippen LogP contribution in [0.15, 0.2) is 18.5 Å². The standard InChI is InChI=1S/C15H18ClNO2/c16-7-1-4-13-10-15(12-17-11-13)19-9-3-6-14-5-2-8-18-14/h10-12,14H,2-3,5-9H2. The van der Waals surface area contributed by atoms with Crippen LogP contribution in [0.4, 0.5) is 0 Å². The molecule has 1 atom stereocenters. The summed E-state index contributed by atoms with van der Waals surface area (Å²) in [6.45, 7) is 1.60. The zero-order valence-electron chi connectivity index (χ0n) is 10.9. The van der Waals surface area contributed by atoms with Crippen LogP contribution in [0.25, 0.3) is 0 Å². The molecule has 1 aromatic heterocycles. The van der Waals surface area contributed by atoms with Crippen molar-refractivity contribution in [2.24, 2.45) is 0 Å². The lowest BCUT2D eigenvalue weighted by molar-refractivity contribution is 0.0981. The summed E-state index contributed by atoms with van der Waals surface area (Å²) in [5.74, 6) is 6.81. The van der Waals surface area contributed by atoms with E-state index in [-0.39, 0.29) is 0 Å². The predicted molar refractivity (Wildman–Crippen MR) is 75.5 cm³/mol. The second-order valence-electron chi connectivity index (χ2n) is 4.47. The molecule has 0 spiro atoms. The van der Waals surface area contributed by atoms with E-state index in [1.807, 2.05) is 6.07 Å². The Morgan fingerprint density at radius 2 is 2.42 bits per heavy atom. The Labute approximate surface area is 119 Å². The van der Waals surface area contributed by atoms with E-state index in [9.17, 15) is 0 Å². The molecule has 102 valence electrons. The molecule has 1 saturated heterocycles. The normalized spacial score (nSPS) is 17.8. The zero-order valence-corrected chi connectivity index (χ0v) is 11.7. The van der Waals surface area contributed by atoms with Gasteiger partial charge in [-0.05, 0) is 31.7 Å². The quantitative estimate of drug-likeness (QED) is 0.472. The molecule has 3 nitrogen and oxygen atoms in total. The molecular weight excluding hydrogens is 262 g/mol. The minimum Gasteiger partial charge on any atom is -0.492 e. The van der Waals surface area contributed by atoms with Gasteiger partial charge in [0.1, 0.15) is 5.75 Å². The molecule has 0 aliphatic carbocycles. The maximum atomic E-state index is 5.67. The Morgan fingerprint density at radius 3 is 3.21 bits per heavy atom. The van der Waals surface area contributed by atoms with E-state index in [0.717, 1.165) is 30.8 Å². The molecule has 1 unspecified atom stereocenters. The second kappa shape index (κ2) is 8.04. The molecule has 0 saturated carbocycles. The third-order valence-electron chi connectivity index (χ3n) is 2.98. The fraction of sp³-hybridized carbons (Fsp3) is 0.533. The van der Waals surface area contributed by atoms with Crippen molar-refractivity contribution in [1.29, 1.82) is 0 Å². The first-order chi connectivity index (χ1) is 9.38. The van der Waals surface area contributed by atoms with Gasteiger partial charge in [0.25, 0.3) is 0 Å². The van der Waals surface area contributed by atoms with Crippen molar-refractivity contribution in [2.75, 3.05) is 19.1 Å². The van der Waals surface area contributed by atoms with E-state index >= 15 is 0 Å². The average molecular weight is 280 g/mol. The molecule has 0 radical (unpaired) electrons. The number of hydrogen-bond acceptors (Lipinski definition) is 3. The number of ether oxygens (including phenoxy) is 2. The molecule has 1 aliphatic rings. The smallest absolute Gasteiger partial charge is 0.138 e. The van der Waals surface area contributed by atoms with Gasteiger partial charge in [-0.15, -0.1) is 11.6 Å². The van der Waals surface area contributed by atoms with Gasteiger partial charge in [0.2, 0.25) is 0 Å². The molecule has 1 aliphatic heterocycles. The van der Waals surface area contributed by atoms with Gasteiger partial charge < -0.3 is 9.47 Å². The van der Waals surface area contributed by atoms with Gasteiger partial charge in [0.15, 0.2) is 0 Å². The summed E-state index contributed by atoms with van der Waals surface area (Å²) < 4.78 is 11.2. The molecule has 0 bridgehead atoms. The van der Waals surface area contributed by atoms with E-state index in [1.54, 1.807) is 12.4 Å².